The van der Waals surface area contributed by atoms with E-state index in [9.17, 15) is 0 Å². The predicted molar refractivity (Wildman–Crippen MR) is 77.6 cm³/mol. The Morgan fingerprint density at radius 1 is 1.20 bits per heavy atom. The van der Waals surface area contributed by atoms with E-state index in [0.29, 0.717) is 25.0 Å². The molecule has 0 saturated heterocycles. The number of nitrogens with zero attached hydrogens (tertiary/aromatic N) is 2. The third-order valence-electron chi connectivity index (χ3n) is 2.54. The van der Waals surface area contributed by atoms with Gasteiger partial charge in [-0.2, -0.15) is 4.98 Å². The number of methoxy groups -OCH3 is 1. The summed E-state index contributed by atoms with van der Waals surface area (Å²) in [6, 6.07) is 9.29. The Kier molecular flexibility index (Phi) is 4.73. The maximum Gasteiger partial charge on any atom is 0.230 e. The van der Waals surface area contributed by atoms with Crippen LogP contribution in [0.5, 0.6) is 11.6 Å². The topological polar surface area (TPSA) is 82.3 Å². The summed E-state index contributed by atoms with van der Waals surface area (Å²) in [6.45, 7) is 2.89. The molecule has 0 amide bonds. The zero-order chi connectivity index (χ0) is 14.4. The van der Waals surface area contributed by atoms with Gasteiger partial charge in [0, 0.05) is 24.0 Å². The number of anilines is 2. The molecule has 0 spiro atoms. The Hall–Kier alpha value is -2.34. The molecule has 3 N–H and O–H groups in total. The van der Waals surface area contributed by atoms with Crippen LogP contribution in [0.4, 0.5) is 11.6 Å². The average molecular weight is 274 g/mol. The van der Waals surface area contributed by atoms with E-state index in [1.54, 1.807) is 13.2 Å². The molecule has 0 aliphatic carbocycles. The molecule has 0 fully saturated rings. The van der Waals surface area contributed by atoms with Crippen molar-refractivity contribution in [2.45, 2.75) is 6.92 Å². The van der Waals surface area contributed by atoms with Crippen molar-refractivity contribution >= 4 is 11.6 Å². The number of nitrogens with two attached hydrogens (primary N) is 1. The van der Waals surface area contributed by atoms with E-state index in [0.717, 1.165) is 17.1 Å². The monoisotopic (exact) mass is 274 g/mol. The molecule has 6 nitrogen and oxygen atoms in total. The van der Waals surface area contributed by atoms with Crippen LogP contribution in [0.25, 0.3) is 0 Å². The summed E-state index contributed by atoms with van der Waals surface area (Å²) in [5, 5.41) is 3.12. The van der Waals surface area contributed by atoms with Crippen molar-refractivity contribution in [1.29, 1.82) is 0 Å². The zero-order valence-electron chi connectivity index (χ0n) is 11.6. The van der Waals surface area contributed by atoms with Crippen molar-refractivity contribution in [3.8, 4) is 11.6 Å². The molecule has 1 aromatic carbocycles. The van der Waals surface area contributed by atoms with Crippen LogP contribution in [-0.2, 0) is 0 Å². The first-order valence-corrected chi connectivity index (χ1v) is 6.31. The minimum absolute atomic E-state index is 0.497. The molecule has 0 bridgehead atoms. The fourth-order valence-electron chi connectivity index (χ4n) is 1.64. The molecule has 106 valence electrons. The lowest BCUT2D eigenvalue weighted by Gasteiger charge is -2.09. The Labute approximate surface area is 118 Å². The molecule has 2 rings (SSSR count). The molecule has 2 aromatic rings. The average Bonchev–Trinajstić information content (AvgIpc) is 2.46. The van der Waals surface area contributed by atoms with Gasteiger partial charge in [-0.25, -0.2) is 4.98 Å². The number of nitrogens with one attached hydrogen (secondary N) is 1. The maximum absolute atomic E-state index is 5.41. The summed E-state index contributed by atoms with van der Waals surface area (Å²) in [4.78, 5) is 8.53. The van der Waals surface area contributed by atoms with Crippen LogP contribution in [0.1, 0.15) is 5.69 Å². The molecule has 0 atom stereocenters. The minimum atomic E-state index is 0.497. The summed E-state index contributed by atoms with van der Waals surface area (Å²) in [5.41, 5.74) is 7.09. The van der Waals surface area contributed by atoms with Gasteiger partial charge in [0.15, 0.2) is 0 Å². The molecule has 0 radical (unpaired) electrons. The molecule has 0 unspecified atom stereocenters. The Bertz CT molecular complexity index is 558. The summed E-state index contributed by atoms with van der Waals surface area (Å²) in [5.74, 6) is 1.81. The van der Waals surface area contributed by atoms with E-state index in [1.807, 2.05) is 31.2 Å². The molecule has 0 saturated carbocycles. The number of benzene rings is 1. The van der Waals surface area contributed by atoms with E-state index in [1.165, 1.54) is 0 Å². The highest BCUT2D eigenvalue weighted by molar-refractivity contribution is 5.55. The zero-order valence-corrected chi connectivity index (χ0v) is 11.6. The van der Waals surface area contributed by atoms with Crippen molar-refractivity contribution in [2.24, 2.45) is 5.73 Å². The minimum Gasteiger partial charge on any atom is -0.492 e. The molecule has 0 aliphatic rings. The second kappa shape index (κ2) is 6.72. The summed E-state index contributed by atoms with van der Waals surface area (Å²) >= 11 is 0. The highest BCUT2D eigenvalue weighted by atomic mass is 16.5. The summed E-state index contributed by atoms with van der Waals surface area (Å²) in [6.07, 6.45) is 0. The highest BCUT2D eigenvalue weighted by Gasteiger charge is 2.03. The Balaban J connectivity index is 2.07. The van der Waals surface area contributed by atoms with Gasteiger partial charge in [-0.1, -0.05) is 0 Å². The van der Waals surface area contributed by atoms with Crippen molar-refractivity contribution in [2.75, 3.05) is 25.6 Å². The molecule has 0 aliphatic heterocycles. The van der Waals surface area contributed by atoms with Crippen molar-refractivity contribution < 1.29 is 9.47 Å². The lowest BCUT2D eigenvalue weighted by atomic mass is 10.3. The predicted octanol–water partition coefficient (Wildman–Crippen LogP) is 1.87. The quantitative estimate of drug-likeness (QED) is 0.837. The lowest BCUT2D eigenvalue weighted by Crippen LogP contribution is -2.10. The third-order valence-corrected chi connectivity index (χ3v) is 2.54. The Morgan fingerprint density at radius 2 is 1.95 bits per heavy atom. The lowest BCUT2D eigenvalue weighted by molar-refractivity contribution is 0.328. The molecule has 1 heterocycles. The van der Waals surface area contributed by atoms with Gasteiger partial charge in [0.25, 0.3) is 0 Å². The van der Waals surface area contributed by atoms with E-state index >= 15 is 0 Å². The normalized spacial score (nSPS) is 10.2. The van der Waals surface area contributed by atoms with Gasteiger partial charge in [0.05, 0.1) is 7.11 Å². The summed E-state index contributed by atoms with van der Waals surface area (Å²) in [7, 11) is 1.58. The smallest absolute Gasteiger partial charge is 0.230 e. The molecule has 1 aromatic heterocycles. The first-order valence-electron chi connectivity index (χ1n) is 6.31. The van der Waals surface area contributed by atoms with E-state index in [2.05, 4.69) is 15.3 Å². The van der Waals surface area contributed by atoms with Crippen LogP contribution in [0.15, 0.2) is 30.3 Å². The van der Waals surface area contributed by atoms with Crippen LogP contribution < -0.4 is 20.5 Å². The van der Waals surface area contributed by atoms with E-state index < -0.39 is 0 Å². The van der Waals surface area contributed by atoms with Crippen molar-refractivity contribution in [3.63, 3.8) is 0 Å². The van der Waals surface area contributed by atoms with E-state index in [4.69, 9.17) is 15.2 Å². The number of aryl methyl sites for hydroxylation is 1. The SMILES string of the molecule is COc1cc(C)nc(Nc2ccc(OCCN)cc2)n1. The van der Waals surface area contributed by atoms with Crippen LogP contribution >= 0.6 is 0 Å². The fraction of sp³-hybridized carbons (Fsp3) is 0.286. The van der Waals surface area contributed by atoms with E-state index in [-0.39, 0.29) is 0 Å². The fourth-order valence-corrected chi connectivity index (χ4v) is 1.64. The second-order valence-electron chi connectivity index (χ2n) is 4.16. The van der Waals surface area contributed by atoms with Crippen molar-refractivity contribution in [3.05, 3.63) is 36.0 Å². The number of hydrogen-bond donors (Lipinski definition) is 2. The van der Waals surface area contributed by atoms with Gasteiger partial charge in [-0.3, -0.25) is 0 Å². The molecular formula is C14H18N4O2. The summed E-state index contributed by atoms with van der Waals surface area (Å²) < 4.78 is 10.5. The molecule has 20 heavy (non-hydrogen) atoms. The van der Waals surface area contributed by atoms with Crippen LogP contribution in [0, 0.1) is 6.92 Å². The number of rotatable bonds is 6. The van der Waals surface area contributed by atoms with Gasteiger partial charge in [-0.05, 0) is 31.2 Å². The molecule has 6 heteroatoms. The van der Waals surface area contributed by atoms with Gasteiger partial charge in [0.2, 0.25) is 11.8 Å². The van der Waals surface area contributed by atoms with Crippen molar-refractivity contribution in [1.82, 2.24) is 9.97 Å². The second-order valence-corrected chi connectivity index (χ2v) is 4.16. The largest absolute Gasteiger partial charge is 0.492 e. The number of hydrogen-bond acceptors (Lipinski definition) is 6. The van der Waals surface area contributed by atoms with Gasteiger partial charge < -0.3 is 20.5 Å². The van der Waals surface area contributed by atoms with Crippen LogP contribution in [0.2, 0.25) is 0 Å². The number of aromatic nitrogens is 2. The molecular weight excluding hydrogens is 256 g/mol. The third kappa shape index (κ3) is 3.83. The Morgan fingerprint density at radius 3 is 2.60 bits per heavy atom. The van der Waals surface area contributed by atoms with Crippen LogP contribution in [0.3, 0.4) is 0 Å². The van der Waals surface area contributed by atoms with Gasteiger partial charge in [0.1, 0.15) is 12.4 Å². The maximum atomic E-state index is 5.41. The van der Waals surface area contributed by atoms with Crippen LogP contribution in [-0.4, -0.2) is 30.2 Å². The van der Waals surface area contributed by atoms with Gasteiger partial charge >= 0.3 is 0 Å². The first-order chi connectivity index (χ1) is 9.71. The standard InChI is InChI=1S/C14H18N4O2/c1-10-9-13(19-2)18-14(16-10)17-11-3-5-12(6-4-11)20-8-7-15/h3-6,9H,7-8,15H2,1-2H3,(H,16,17,18). The van der Waals surface area contributed by atoms with Gasteiger partial charge in [-0.15, -0.1) is 0 Å². The number of ether oxygens (including phenoxy) is 2. The highest BCUT2D eigenvalue weighted by Crippen LogP contribution is 2.19. The first kappa shape index (κ1) is 14.1.